The molecular formula is C25H20ClNO3. The molecule has 1 aliphatic rings. The Bertz CT molecular complexity index is 1140. The van der Waals surface area contributed by atoms with E-state index in [4.69, 9.17) is 21.1 Å². The third kappa shape index (κ3) is 4.76. The molecule has 0 aromatic heterocycles. The molecule has 0 unspecified atom stereocenters. The van der Waals surface area contributed by atoms with E-state index in [1.807, 2.05) is 54.6 Å². The number of carbonyl (C=O) groups is 1. The van der Waals surface area contributed by atoms with Gasteiger partial charge in [0.05, 0.1) is 0 Å². The van der Waals surface area contributed by atoms with Crippen molar-refractivity contribution >= 4 is 23.3 Å². The third-order valence-corrected chi connectivity index (χ3v) is 4.79. The van der Waals surface area contributed by atoms with Crippen molar-refractivity contribution in [2.75, 3.05) is 5.32 Å². The van der Waals surface area contributed by atoms with Crippen LogP contribution in [0.25, 0.3) is 0 Å². The fourth-order valence-corrected chi connectivity index (χ4v) is 3.17. The van der Waals surface area contributed by atoms with Crippen molar-refractivity contribution < 1.29 is 14.3 Å². The highest BCUT2D eigenvalue weighted by molar-refractivity contribution is 6.30. The van der Waals surface area contributed by atoms with Crippen molar-refractivity contribution in [1.29, 1.82) is 0 Å². The molecule has 0 fully saturated rings. The van der Waals surface area contributed by atoms with Gasteiger partial charge in [0.15, 0.2) is 0 Å². The normalized spacial score (nSPS) is 13.9. The van der Waals surface area contributed by atoms with Crippen LogP contribution in [0.3, 0.4) is 0 Å². The Balaban J connectivity index is 1.40. The second-order valence-electron chi connectivity index (χ2n) is 7.41. The number of ether oxygens (including phenoxy) is 2. The van der Waals surface area contributed by atoms with Crippen LogP contribution in [0.15, 0.2) is 66.7 Å². The minimum Gasteiger partial charge on any atom is -0.452 e. The predicted molar refractivity (Wildman–Crippen MR) is 118 cm³/mol. The summed E-state index contributed by atoms with van der Waals surface area (Å²) in [4.78, 5) is 12.2. The number of nitrogens with one attached hydrogen (secondary N) is 1. The highest BCUT2D eigenvalue weighted by Gasteiger charge is 2.33. The summed E-state index contributed by atoms with van der Waals surface area (Å²) in [5.41, 5.74) is 4.20. The van der Waals surface area contributed by atoms with Crippen molar-refractivity contribution in [1.82, 2.24) is 0 Å². The molecule has 0 atom stereocenters. The Morgan fingerprint density at radius 3 is 2.20 bits per heavy atom. The summed E-state index contributed by atoms with van der Waals surface area (Å²) in [6.45, 7) is 4.04. The van der Waals surface area contributed by atoms with Gasteiger partial charge in [0.1, 0.15) is 11.3 Å². The number of hydrogen-bond acceptors (Lipinski definition) is 4. The maximum absolute atomic E-state index is 12.2. The third-order valence-electron chi connectivity index (χ3n) is 4.54. The Labute approximate surface area is 180 Å². The average Bonchev–Trinajstić information content (AvgIpc) is 2.72. The maximum atomic E-state index is 12.2. The van der Waals surface area contributed by atoms with E-state index in [-0.39, 0.29) is 5.97 Å². The summed E-state index contributed by atoms with van der Waals surface area (Å²) in [6, 6.07) is 20.9. The molecule has 4 nitrogen and oxygen atoms in total. The smallest absolute Gasteiger partial charge is 0.345 e. The first-order valence-corrected chi connectivity index (χ1v) is 9.93. The molecule has 0 bridgehead atoms. The lowest BCUT2D eigenvalue weighted by molar-refractivity contribution is -0.127. The number of carbonyl (C=O) groups excluding carboxylic acids is 1. The van der Waals surface area contributed by atoms with Crippen molar-refractivity contribution in [3.05, 3.63) is 94.0 Å². The number of rotatable bonds is 3. The molecule has 0 spiro atoms. The summed E-state index contributed by atoms with van der Waals surface area (Å²) in [5, 5.41) is 4.02. The fraction of sp³-hybridized carbons (Fsp3) is 0.160. The van der Waals surface area contributed by atoms with E-state index in [0.29, 0.717) is 22.9 Å². The number of cyclic esters (lactones) is 1. The van der Waals surface area contributed by atoms with Gasteiger partial charge in [-0.3, -0.25) is 0 Å². The summed E-state index contributed by atoms with van der Waals surface area (Å²) < 4.78 is 11.0. The molecule has 3 aromatic rings. The molecule has 1 N–H and O–H groups in total. The SMILES string of the molecule is CC1(C)OC(=O)c2cc(NCc3ccc(C#Cc4ccc(Cl)cc4)cc3)ccc2O1. The first-order valence-electron chi connectivity index (χ1n) is 9.55. The molecule has 0 aliphatic carbocycles. The number of benzene rings is 3. The first kappa shape index (κ1) is 19.9. The molecule has 1 heterocycles. The number of halogens is 1. The molecule has 0 saturated carbocycles. The summed E-state index contributed by atoms with van der Waals surface area (Å²) in [5.74, 6) is 5.48. The number of anilines is 1. The van der Waals surface area contributed by atoms with Crippen LogP contribution in [0, 0.1) is 11.8 Å². The monoisotopic (exact) mass is 417 g/mol. The molecule has 30 heavy (non-hydrogen) atoms. The van der Waals surface area contributed by atoms with Gasteiger partial charge >= 0.3 is 5.97 Å². The maximum Gasteiger partial charge on any atom is 0.345 e. The van der Waals surface area contributed by atoms with Crippen LogP contribution in [-0.2, 0) is 11.3 Å². The molecule has 0 radical (unpaired) electrons. The topological polar surface area (TPSA) is 47.6 Å². The predicted octanol–water partition coefficient (Wildman–Crippen LogP) is 5.64. The van der Waals surface area contributed by atoms with Gasteiger partial charge in [-0.1, -0.05) is 35.6 Å². The van der Waals surface area contributed by atoms with Crippen LogP contribution in [0.2, 0.25) is 5.02 Å². The molecule has 3 aromatic carbocycles. The van der Waals surface area contributed by atoms with Gasteiger partial charge in [0.2, 0.25) is 5.79 Å². The van der Waals surface area contributed by atoms with Gasteiger partial charge in [-0.05, 0) is 60.2 Å². The summed E-state index contributed by atoms with van der Waals surface area (Å²) >= 11 is 5.89. The standard InChI is InChI=1S/C25H20ClNO3/c1-25(2)29-23-14-13-21(15-22(23)24(28)30-25)27-16-19-7-5-17(6-8-19)3-4-18-9-11-20(26)12-10-18/h5-15,27H,16H2,1-2H3. The molecule has 0 saturated heterocycles. The van der Waals surface area contributed by atoms with Crippen LogP contribution in [-0.4, -0.2) is 11.8 Å². The molecule has 0 amide bonds. The Morgan fingerprint density at radius 2 is 1.53 bits per heavy atom. The van der Waals surface area contributed by atoms with E-state index in [9.17, 15) is 4.79 Å². The molecular weight excluding hydrogens is 398 g/mol. The summed E-state index contributed by atoms with van der Waals surface area (Å²) in [6.07, 6.45) is 0. The van der Waals surface area contributed by atoms with Crippen LogP contribution in [0.1, 0.15) is 40.9 Å². The highest BCUT2D eigenvalue weighted by Crippen LogP contribution is 2.33. The zero-order chi connectivity index (χ0) is 21.1. The molecule has 4 rings (SSSR count). The van der Waals surface area contributed by atoms with Crippen molar-refractivity contribution in [3.8, 4) is 17.6 Å². The van der Waals surface area contributed by atoms with Crippen molar-refractivity contribution in [2.24, 2.45) is 0 Å². The van der Waals surface area contributed by atoms with E-state index >= 15 is 0 Å². The molecule has 150 valence electrons. The van der Waals surface area contributed by atoms with E-state index in [2.05, 4.69) is 17.2 Å². The quantitative estimate of drug-likeness (QED) is 0.442. The van der Waals surface area contributed by atoms with E-state index in [1.165, 1.54) is 0 Å². The molecule has 1 aliphatic heterocycles. The van der Waals surface area contributed by atoms with Gasteiger partial charge in [-0.25, -0.2) is 4.79 Å². The summed E-state index contributed by atoms with van der Waals surface area (Å²) in [7, 11) is 0. The second kappa shape index (κ2) is 8.14. The number of fused-ring (bicyclic) bond motifs is 1. The largest absolute Gasteiger partial charge is 0.452 e. The van der Waals surface area contributed by atoms with Gasteiger partial charge in [-0.15, -0.1) is 0 Å². The Kier molecular flexibility index (Phi) is 5.39. The highest BCUT2D eigenvalue weighted by atomic mass is 35.5. The lowest BCUT2D eigenvalue weighted by Crippen LogP contribution is -2.38. The van der Waals surface area contributed by atoms with Crippen molar-refractivity contribution in [3.63, 3.8) is 0 Å². The van der Waals surface area contributed by atoms with Crippen LogP contribution in [0.4, 0.5) is 5.69 Å². The van der Waals surface area contributed by atoms with Gasteiger partial charge in [0.25, 0.3) is 0 Å². The fourth-order valence-electron chi connectivity index (χ4n) is 3.04. The van der Waals surface area contributed by atoms with E-state index < -0.39 is 5.79 Å². The number of hydrogen-bond donors (Lipinski definition) is 1. The minimum atomic E-state index is -0.947. The minimum absolute atomic E-state index is 0.381. The zero-order valence-electron chi connectivity index (χ0n) is 16.7. The number of esters is 1. The Morgan fingerprint density at radius 1 is 0.900 bits per heavy atom. The van der Waals surface area contributed by atoms with E-state index in [1.54, 1.807) is 26.0 Å². The van der Waals surface area contributed by atoms with E-state index in [0.717, 1.165) is 22.4 Å². The van der Waals surface area contributed by atoms with Gasteiger partial charge in [-0.2, -0.15) is 0 Å². The molecule has 5 heteroatoms. The Hall–Kier alpha value is -3.42. The lowest BCUT2D eigenvalue weighted by Gasteiger charge is -2.31. The van der Waals surface area contributed by atoms with Gasteiger partial charge in [0, 0.05) is 42.2 Å². The average molecular weight is 418 g/mol. The lowest BCUT2D eigenvalue weighted by atomic mass is 10.1. The zero-order valence-corrected chi connectivity index (χ0v) is 17.4. The van der Waals surface area contributed by atoms with Crippen LogP contribution in [0.5, 0.6) is 5.75 Å². The van der Waals surface area contributed by atoms with Crippen molar-refractivity contribution in [2.45, 2.75) is 26.2 Å². The second-order valence-corrected chi connectivity index (χ2v) is 7.85. The first-order chi connectivity index (χ1) is 14.4. The van der Waals surface area contributed by atoms with Crippen LogP contribution >= 0.6 is 11.6 Å². The van der Waals surface area contributed by atoms with Crippen LogP contribution < -0.4 is 10.1 Å². The van der Waals surface area contributed by atoms with Gasteiger partial charge < -0.3 is 14.8 Å².